The average molecular weight is 243 g/mol. The van der Waals surface area contributed by atoms with Crippen LogP contribution in [0.25, 0.3) is 0 Å². The van der Waals surface area contributed by atoms with Crippen LogP contribution in [0.5, 0.6) is 11.5 Å². The van der Waals surface area contributed by atoms with E-state index < -0.39 is 0 Å². The fourth-order valence-corrected chi connectivity index (χ4v) is 1.84. The van der Waals surface area contributed by atoms with Gasteiger partial charge in [0.25, 0.3) is 0 Å². The maximum atomic E-state index is 9.64. The highest BCUT2D eigenvalue weighted by Crippen LogP contribution is 2.18. The van der Waals surface area contributed by atoms with E-state index in [9.17, 15) is 5.11 Å². The third-order valence-corrected chi connectivity index (χ3v) is 2.82. The molecular weight excluding hydrogens is 226 g/mol. The molecule has 18 heavy (non-hydrogen) atoms. The number of para-hydroxylation sites is 2. The number of hydrogen-bond acceptors (Lipinski definition) is 3. The van der Waals surface area contributed by atoms with Gasteiger partial charge < -0.3 is 15.2 Å². The second kappa shape index (κ2) is 6.07. The molecule has 0 amide bonds. The van der Waals surface area contributed by atoms with E-state index in [-0.39, 0.29) is 0 Å². The third-order valence-electron chi connectivity index (χ3n) is 2.82. The second-order valence-electron chi connectivity index (χ2n) is 4.04. The van der Waals surface area contributed by atoms with Gasteiger partial charge in [0.2, 0.25) is 0 Å². The van der Waals surface area contributed by atoms with Gasteiger partial charge in [-0.3, -0.25) is 0 Å². The predicted molar refractivity (Wildman–Crippen MR) is 71.6 cm³/mol. The lowest BCUT2D eigenvalue weighted by Crippen LogP contribution is -2.13. The van der Waals surface area contributed by atoms with E-state index in [4.69, 9.17) is 4.74 Å². The highest BCUT2D eigenvalue weighted by Gasteiger charge is 2.02. The van der Waals surface area contributed by atoms with Gasteiger partial charge in [-0.05, 0) is 12.1 Å². The third kappa shape index (κ3) is 3.02. The van der Waals surface area contributed by atoms with Crippen molar-refractivity contribution in [2.75, 3.05) is 7.11 Å². The molecule has 0 aliphatic carbocycles. The summed E-state index contributed by atoms with van der Waals surface area (Å²) in [7, 11) is 1.67. The second-order valence-corrected chi connectivity index (χ2v) is 4.04. The van der Waals surface area contributed by atoms with Gasteiger partial charge in [-0.1, -0.05) is 36.4 Å². The first-order valence-corrected chi connectivity index (χ1v) is 5.90. The Labute approximate surface area is 107 Å². The zero-order chi connectivity index (χ0) is 12.8. The van der Waals surface area contributed by atoms with Crippen molar-refractivity contribution in [3.05, 3.63) is 59.7 Å². The fraction of sp³-hybridized carbons (Fsp3) is 0.200. The first-order valence-electron chi connectivity index (χ1n) is 5.90. The topological polar surface area (TPSA) is 41.5 Å². The Morgan fingerprint density at radius 2 is 1.56 bits per heavy atom. The average Bonchev–Trinajstić information content (AvgIpc) is 2.41. The van der Waals surface area contributed by atoms with Crippen LogP contribution in [0.2, 0.25) is 0 Å². The lowest BCUT2D eigenvalue weighted by Gasteiger charge is -2.10. The summed E-state index contributed by atoms with van der Waals surface area (Å²) in [5.41, 5.74) is 2.00. The first-order chi connectivity index (χ1) is 8.81. The van der Waals surface area contributed by atoms with E-state index in [0.29, 0.717) is 18.8 Å². The number of aromatic hydroxyl groups is 1. The Morgan fingerprint density at radius 1 is 0.944 bits per heavy atom. The molecule has 0 spiro atoms. The molecule has 0 saturated heterocycles. The van der Waals surface area contributed by atoms with Gasteiger partial charge >= 0.3 is 0 Å². The Morgan fingerprint density at radius 3 is 2.28 bits per heavy atom. The van der Waals surface area contributed by atoms with Crippen molar-refractivity contribution < 1.29 is 9.84 Å². The van der Waals surface area contributed by atoms with Crippen LogP contribution in [0.4, 0.5) is 0 Å². The largest absolute Gasteiger partial charge is 0.508 e. The smallest absolute Gasteiger partial charge is 0.123 e. The number of hydrogen-bond donors (Lipinski definition) is 2. The number of phenolic OH excluding ortho intramolecular Hbond substituents is 1. The lowest BCUT2D eigenvalue weighted by molar-refractivity contribution is 0.407. The Kier molecular flexibility index (Phi) is 4.20. The van der Waals surface area contributed by atoms with Crippen molar-refractivity contribution in [1.29, 1.82) is 0 Å². The van der Waals surface area contributed by atoms with E-state index in [2.05, 4.69) is 5.32 Å². The molecule has 3 nitrogen and oxygen atoms in total. The van der Waals surface area contributed by atoms with Crippen molar-refractivity contribution in [2.45, 2.75) is 13.1 Å². The maximum Gasteiger partial charge on any atom is 0.123 e. The lowest BCUT2D eigenvalue weighted by atomic mass is 10.1. The Balaban J connectivity index is 1.95. The van der Waals surface area contributed by atoms with Crippen LogP contribution in [0.1, 0.15) is 11.1 Å². The zero-order valence-electron chi connectivity index (χ0n) is 10.4. The standard InChI is InChI=1S/C15H17NO2/c1-18-15-9-5-3-7-13(15)11-16-10-12-6-2-4-8-14(12)17/h2-9,16-17H,10-11H2,1H3. The Bertz CT molecular complexity index is 511. The monoisotopic (exact) mass is 243 g/mol. The number of rotatable bonds is 5. The van der Waals surface area contributed by atoms with Crippen molar-refractivity contribution in [3.63, 3.8) is 0 Å². The highest BCUT2D eigenvalue weighted by molar-refractivity contribution is 5.34. The van der Waals surface area contributed by atoms with Gasteiger partial charge in [-0.25, -0.2) is 0 Å². The van der Waals surface area contributed by atoms with E-state index in [0.717, 1.165) is 16.9 Å². The van der Waals surface area contributed by atoms with Gasteiger partial charge in [0.1, 0.15) is 11.5 Å². The van der Waals surface area contributed by atoms with Crippen LogP contribution in [0, 0.1) is 0 Å². The first kappa shape index (κ1) is 12.5. The Hall–Kier alpha value is -2.00. The summed E-state index contributed by atoms with van der Waals surface area (Å²) in [4.78, 5) is 0. The minimum atomic E-state index is 0.324. The number of phenols is 1. The van der Waals surface area contributed by atoms with Crippen LogP contribution in [-0.4, -0.2) is 12.2 Å². The molecule has 2 aromatic carbocycles. The van der Waals surface area contributed by atoms with Crippen LogP contribution in [0.15, 0.2) is 48.5 Å². The van der Waals surface area contributed by atoms with E-state index in [1.807, 2.05) is 42.5 Å². The zero-order valence-corrected chi connectivity index (χ0v) is 10.4. The normalized spacial score (nSPS) is 10.3. The molecule has 2 N–H and O–H groups in total. The SMILES string of the molecule is COc1ccccc1CNCc1ccccc1O. The van der Waals surface area contributed by atoms with Crippen LogP contribution in [-0.2, 0) is 13.1 Å². The molecule has 2 aromatic rings. The number of nitrogens with one attached hydrogen (secondary N) is 1. The summed E-state index contributed by atoms with van der Waals surface area (Å²) >= 11 is 0. The molecule has 3 heteroatoms. The number of benzene rings is 2. The molecule has 0 aromatic heterocycles. The number of methoxy groups -OCH3 is 1. The van der Waals surface area contributed by atoms with E-state index >= 15 is 0 Å². The van der Waals surface area contributed by atoms with Gasteiger partial charge in [0.15, 0.2) is 0 Å². The predicted octanol–water partition coefficient (Wildman–Crippen LogP) is 2.69. The van der Waals surface area contributed by atoms with E-state index in [1.54, 1.807) is 13.2 Å². The molecule has 0 radical (unpaired) electrons. The molecular formula is C15H17NO2. The van der Waals surface area contributed by atoms with Crippen LogP contribution >= 0.6 is 0 Å². The van der Waals surface area contributed by atoms with Gasteiger partial charge in [0, 0.05) is 24.2 Å². The molecule has 0 bridgehead atoms. The van der Waals surface area contributed by atoms with Crippen molar-refractivity contribution >= 4 is 0 Å². The van der Waals surface area contributed by atoms with Crippen molar-refractivity contribution in [1.82, 2.24) is 5.32 Å². The van der Waals surface area contributed by atoms with Gasteiger partial charge in [-0.15, -0.1) is 0 Å². The molecule has 0 aliphatic heterocycles. The fourth-order valence-electron chi connectivity index (χ4n) is 1.84. The minimum absolute atomic E-state index is 0.324. The molecule has 0 aliphatic rings. The number of ether oxygens (including phenoxy) is 1. The molecule has 0 heterocycles. The van der Waals surface area contributed by atoms with Crippen molar-refractivity contribution in [3.8, 4) is 11.5 Å². The highest BCUT2D eigenvalue weighted by atomic mass is 16.5. The molecule has 0 fully saturated rings. The maximum absolute atomic E-state index is 9.64. The molecule has 0 unspecified atom stereocenters. The molecule has 0 atom stereocenters. The van der Waals surface area contributed by atoms with Crippen LogP contribution < -0.4 is 10.1 Å². The summed E-state index contributed by atoms with van der Waals surface area (Å²) in [6, 6.07) is 15.2. The summed E-state index contributed by atoms with van der Waals surface area (Å²) in [6.45, 7) is 1.34. The van der Waals surface area contributed by atoms with Crippen LogP contribution in [0.3, 0.4) is 0 Å². The molecule has 2 rings (SSSR count). The van der Waals surface area contributed by atoms with E-state index in [1.165, 1.54) is 0 Å². The summed E-state index contributed by atoms with van der Waals surface area (Å²) < 4.78 is 5.28. The van der Waals surface area contributed by atoms with Gasteiger partial charge in [-0.2, -0.15) is 0 Å². The minimum Gasteiger partial charge on any atom is -0.508 e. The quantitative estimate of drug-likeness (QED) is 0.848. The molecule has 0 saturated carbocycles. The molecule has 94 valence electrons. The summed E-state index contributed by atoms with van der Waals surface area (Å²) in [5.74, 6) is 1.20. The summed E-state index contributed by atoms with van der Waals surface area (Å²) in [6.07, 6.45) is 0. The summed E-state index contributed by atoms with van der Waals surface area (Å²) in [5, 5.41) is 12.9. The van der Waals surface area contributed by atoms with Gasteiger partial charge in [0.05, 0.1) is 7.11 Å². The van der Waals surface area contributed by atoms with Crippen molar-refractivity contribution in [2.24, 2.45) is 0 Å².